The van der Waals surface area contributed by atoms with Crippen LogP contribution in [-0.2, 0) is 0 Å². The molecule has 82 valence electrons. The number of halogens is 2. The minimum Gasteiger partial charge on any atom is -0.504 e. The molecule has 2 nitrogen and oxygen atoms in total. The van der Waals surface area contributed by atoms with Crippen LogP contribution in [0.1, 0.15) is 0 Å². The van der Waals surface area contributed by atoms with Crippen LogP contribution in [0.4, 0.5) is 4.39 Å². The molecule has 0 atom stereocenters. The summed E-state index contributed by atoms with van der Waals surface area (Å²) >= 11 is 5.71. The Bertz CT molecular complexity index is 497. The van der Waals surface area contributed by atoms with Crippen molar-refractivity contribution in [3.8, 4) is 17.2 Å². The van der Waals surface area contributed by atoms with E-state index in [2.05, 4.69) is 0 Å². The van der Waals surface area contributed by atoms with Gasteiger partial charge in [-0.3, -0.25) is 0 Å². The molecule has 2 aromatic carbocycles. The Balaban J connectivity index is 2.23. The third kappa shape index (κ3) is 2.44. The van der Waals surface area contributed by atoms with Crippen LogP contribution in [0.2, 0.25) is 5.02 Å². The number of benzene rings is 2. The average molecular weight is 239 g/mol. The maximum absolute atomic E-state index is 12.7. The predicted octanol–water partition coefficient (Wildman–Crippen LogP) is 3.98. The summed E-state index contributed by atoms with van der Waals surface area (Å²) in [7, 11) is 0. The van der Waals surface area contributed by atoms with Gasteiger partial charge >= 0.3 is 0 Å². The van der Waals surface area contributed by atoms with Gasteiger partial charge < -0.3 is 9.84 Å². The van der Waals surface area contributed by atoms with Gasteiger partial charge in [-0.05, 0) is 36.4 Å². The lowest BCUT2D eigenvalue weighted by atomic mass is 10.3. The molecular weight excluding hydrogens is 231 g/mol. The molecule has 0 unspecified atom stereocenters. The monoisotopic (exact) mass is 238 g/mol. The van der Waals surface area contributed by atoms with E-state index in [-0.39, 0.29) is 11.5 Å². The van der Waals surface area contributed by atoms with Crippen molar-refractivity contribution in [2.24, 2.45) is 0 Å². The Kier molecular flexibility index (Phi) is 2.97. The van der Waals surface area contributed by atoms with E-state index in [9.17, 15) is 9.50 Å². The van der Waals surface area contributed by atoms with E-state index in [0.29, 0.717) is 10.8 Å². The number of phenols is 1. The van der Waals surface area contributed by atoms with E-state index >= 15 is 0 Å². The Morgan fingerprint density at radius 3 is 2.38 bits per heavy atom. The van der Waals surface area contributed by atoms with Crippen molar-refractivity contribution in [1.82, 2.24) is 0 Å². The third-order valence-electron chi connectivity index (χ3n) is 1.96. The van der Waals surface area contributed by atoms with Crippen LogP contribution in [0.3, 0.4) is 0 Å². The zero-order valence-corrected chi connectivity index (χ0v) is 8.91. The predicted molar refractivity (Wildman–Crippen MR) is 59.6 cm³/mol. The van der Waals surface area contributed by atoms with Crippen LogP contribution in [-0.4, -0.2) is 5.11 Å². The zero-order valence-electron chi connectivity index (χ0n) is 8.15. The molecule has 0 aliphatic carbocycles. The van der Waals surface area contributed by atoms with Gasteiger partial charge in [-0.15, -0.1) is 0 Å². The Hall–Kier alpha value is -1.74. The lowest BCUT2D eigenvalue weighted by molar-refractivity contribution is 0.407. The highest BCUT2D eigenvalue weighted by atomic mass is 35.5. The van der Waals surface area contributed by atoms with Crippen molar-refractivity contribution in [1.29, 1.82) is 0 Å². The summed E-state index contributed by atoms with van der Waals surface area (Å²) in [6.45, 7) is 0. The van der Waals surface area contributed by atoms with Crippen LogP contribution in [0.15, 0.2) is 42.5 Å². The molecule has 0 saturated carbocycles. The van der Waals surface area contributed by atoms with Gasteiger partial charge in [0.05, 0.1) is 0 Å². The van der Waals surface area contributed by atoms with Crippen LogP contribution in [0.5, 0.6) is 17.2 Å². The van der Waals surface area contributed by atoms with Crippen molar-refractivity contribution in [3.63, 3.8) is 0 Å². The summed E-state index contributed by atoms with van der Waals surface area (Å²) in [5.41, 5.74) is 0. The third-order valence-corrected chi connectivity index (χ3v) is 2.21. The van der Waals surface area contributed by atoms with Gasteiger partial charge in [-0.25, -0.2) is 4.39 Å². The van der Waals surface area contributed by atoms with Crippen molar-refractivity contribution >= 4 is 11.6 Å². The maximum Gasteiger partial charge on any atom is 0.169 e. The minimum absolute atomic E-state index is 0.198. The lowest BCUT2D eigenvalue weighted by Gasteiger charge is -2.07. The van der Waals surface area contributed by atoms with Gasteiger partial charge in [-0.2, -0.15) is 0 Å². The van der Waals surface area contributed by atoms with Gasteiger partial charge in [0, 0.05) is 11.1 Å². The van der Waals surface area contributed by atoms with E-state index in [0.717, 1.165) is 6.07 Å². The fourth-order valence-corrected chi connectivity index (χ4v) is 1.33. The fourth-order valence-electron chi connectivity index (χ4n) is 1.21. The van der Waals surface area contributed by atoms with Crippen LogP contribution in [0.25, 0.3) is 0 Å². The van der Waals surface area contributed by atoms with Gasteiger partial charge in [0.25, 0.3) is 0 Å². The molecule has 16 heavy (non-hydrogen) atoms. The number of hydrogen-bond acceptors (Lipinski definition) is 2. The van der Waals surface area contributed by atoms with Gasteiger partial charge in [0.15, 0.2) is 11.5 Å². The van der Waals surface area contributed by atoms with Crippen LogP contribution >= 0.6 is 11.6 Å². The molecule has 0 amide bonds. The molecule has 0 bridgehead atoms. The van der Waals surface area contributed by atoms with Gasteiger partial charge in [-0.1, -0.05) is 11.6 Å². The highest BCUT2D eigenvalue weighted by Crippen LogP contribution is 2.31. The SMILES string of the molecule is Oc1cc(F)ccc1Oc1ccc(Cl)cc1. The number of phenolic OH excluding ortho intramolecular Hbond substituents is 1. The summed E-state index contributed by atoms with van der Waals surface area (Å²) < 4.78 is 18.1. The molecule has 0 spiro atoms. The zero-order chi connectivity index (χ0) is 11.5. The van der Waals surface area contributed by atoms with E-state index in [1.54, 1.807) is 24.3 Å². The molecule has 0 heterocycles. The summed E-state index contributed by atoms with van der Waals surface area (Å²) in [4.78, 5) is 0. The quantitative estimate of drug-likeness (QED) is 0.858. The van der Waals surface area contributed by atoms with E-state index < -0.39 is 5.82 Å². The standard InChI is InChI=1S/C12H8ClFO2/c13-8-1-4-10(5-2-8)16-12-6-3-9(14)7-11(12)15/h1-7,15H. The average Bonchev–Trinajstić information content (AvgIpc) is 2.25. The molecule has 2 aromatic rings. The van der Waals surface area contributed by atoms with E-state index in [1.807, 2.05) is 0 Å². The topological polar surface area (TPSA) is 29.5 Å². The number of rotatable bonds is 2. The molecule has 1 N–H and O–H groups in total. The summed E-state index contributed by atoms with van der Waals surface area (Å²) in [6, 6.07) is 10.2. The second-order valence-corrected chi connectivity index (χ2v) is 3.60. The second kappa shape index (κ2) is 4.41. The second-order valence-electron chi connectivity index (χ2n) is 3.17. The molecule has 0 radical (unpaired) electrons. The van der Waals surface area contributed by atoms with Crippen molar-refractivity contribution in [2.75, 3.05) is 0 Å². The largest absolute Gasteiger partial charge is 0.504 e. The van der Waals surface area contributed by atoms with Crippen molar-refractivity contribution in [2.45, 2.75) is 0 Å². The minimum atomic E-state index is -0.513. The molecule has 0 fully saturated rings. The summed E-state index contributed by atoms with van der Waals surface area (Å²) in [5, 5.41) is 10.0. The Morgan fingerprint density at radius 1 is 1.06 bits per heavy atom. The molecule has 2 rings (SSSR count). The molecule has 0 aromatic heterocycles. The molecule has 0 aliphatic heterocycles. The number of ether oxygens (including phenoxy) is 1. The van der Waals surface area contributed by atoms with Crippen LogP contribution in [0, 0.1) is 5.82 Å². The number of aromatic hydroxyl groups is 1. The normalized spacial score (nSPS) is 10.1. The molecule has 4 heteroatoms. The maximum atomic E-state index is 12.7. The van der Waals surface area contributed by atoms with Gasteiger partial charge in [0.2, 0.25) is 0 Å². The molecular formula is C12H8ClFO2. The summed E-state index contributed by atoms with van der Waals surface area (Å²) in [6.07, 6.45) is 0. The first-order valence-electron chi connectivity index (χ1n) is 4.57. The highest BCUT2D eigenvalue weighted by Gasteiger charge is 2.04. The van der Waals surface area contributed by atoms with Crippen LogP contribution < -0.4 is 4.74 Å². The van der Waals surface area contributed by atoms with E-state index in [4.69, 9.17) is 16.3 Å². The lowest BCUT2D eigenvalue weighted by Crippen LogP contribution is -1.85. The Morgan fingerprint density at radius 2 is 1.75 bits per heavy atom. The first-order chi connectivity index (χ1) is 7.65. The first kappa shape index (κ1) is 10.8. The highest BCUT2D eigenvalue weighted by molar-refractivity contribution is 6.30. The van der Waals surface area contributed by atoms with Crippen molar-refractivity contribution < 1.29 is 14.2 Å². The smallest absolute Gasteiger partial charge is 0.169 e. The fraction of sp³-hybridized carbons (Fsp3) is 0. The summed E-state index contributed by atoms with van der Waals surface area (Å²) in [5.74, 6) is -0.0362. The molecule has 0 saturated heterocycles. The molecule has 0 aliphatic rings. The number of hydrogen-bond donors (Lipinski definition) is 1. The Labute approximate surface area is 96.9 Å². The van der Waals surface area contributed by atoms with Crippen molar-refractivity contribution in [3.05, 3.63) is 53.3 Å². The first-order valence-corrected chi connectivity index (χ1v) is 4.95. The van der Waals surface area contributed by atoms with E-state index in [1.165, 1.54) is 12.1 Å². The van der Waals surface area contributed by atoms with Gasteiger partial charge in [0.1, 0.15) is 11.6 Å².